The van der Waals surface area contributed by atoms with Crippen molar-refractivity contribution in [2.45, 2.75) is 43.7 Å². The molecule has 0 radical (unpaired) electrons. The van der Waals surface area contributed by atoms with Gasteiger partial charge in [-0.2, -0.15) is 10.4 Å². The van der Waals surface area contributed by atoms with Gasteiger partial charge in [0.2, 0.25) is 5.91 Å². The lowest BCUT2D eigenvalue weighted by Crippen LogP contribution is -2.29. The number of nitrogens with zero attached hydrogens (tertiary/aromatic N) is 5. The number of hydrogen-bond acceptors (Lipinski definition) is 8. The van der Waals surface area contributed by atoms with Gasteiger partial charge in [0, 0.05) is 28.1 Å². The fourth-order valence-electron chi connectivity index (χ4n) is 4.20. The summed E-state index contributed by atoms with van der Waals surface area (Å²) in [4.78, 5) is 36.4. The molecule has 2 amide bonds. The van der Waals surface area contributed by atoms with E-state index in [1.807, 2.05) is 54.6 Å². The fourth-order valence-corrected chi connectivity index (χ4v) is 5.26. The van der Waals surface area contributed by atoms with Gasteiger partial charge in [-0.1, -0.05) is 48.2 Å². The van der Waals surface area contributed by atoms with Gasteiger partial charge in [0.25, 0.3) is 5.91 Å². The molecule has 5 aromatic rings. The fraction of sp³-hybridized carbons (Fsp3) is 0.188. The average Bonchev–Trinajstić information content (AvgIpc) is 3.42. The number of carbonyl (C=O) groups excluding carboxylic acids is 2. The summed E-state index contributed by atoms with van der Waals surface area (Å²) in [7, 11) is 0. The van der Waals surface area contributed by atoms with Gasteiger partial charge in [-0.15, -0.1) is 0 Å². The summed E-state index contributed by atoms with van der Waals surface area (Å²) in [5.41, 5.74) is 3.29. The molecular weight excluding hydrogens is 562 g/mol. The second-order valence-corrected chi connectivity index (χ2v) is 11.4. The van der Waals surface area contributed by atoms with Gasteiger partial charge < -0.3 is 15.7 Å². The van der Waals surface area contributed by atoms with Gasteiger partial charge in [0.15, 0.2) is 11.5 Å². The number of aryl methyl sites for hydroxylation is 1. The van der Waals surface area contributed by atoms with Crippen LogP contribution in [0, 0.1) is 23.7 Å². The molecule has 0 bridgehead atoms. The van der Waals surface area contributed by atoms with Crippen LogP contribution in [0.1, 0.15) is 41.0 Å². The van der Waals surface area contributed by atoms with Crippen molar-refractivity contribution >= 4 is 35.0 Å². The normalized spacial score (nSPS) is 11.2. The van der Waals surface area contributed by atoms with E-state index in [0.29, 0.717) is 34.7 Å². The highest BCUT2D eigenvalue weighted by Gasteiger charge is 2.28. The van der Waals surface area contributed by atoms with E-state index in [-0.39, 0.29) is 18.3 Å². The number of imidazole rings is 1. The summed E-state index contributed by atoms with van der Waals surface area (Å²) in [5, 5.41) is 29.2. The van der Waals surface area contributed by atoms with Crippen molar-refractivity contribution in [2.24, 2.45) is 5.41 Å². The highest BCUT2D eigenvalue weighted by atomic mass is 32.2. The molecule has 0 saturated carbocycles. The Morgan fingerprint density at radius 2 is 1.74 bits per heavy atom. The predicted molar refractivity (Wildman–Crippen MR) is 163 cm³/mol. The van der Waals surface area contributed by atoms with E-state index in [9.17, 15) is 20.0 Å². The lowest BCUT2D eigenvalue weighted by Gasteiger charge is -2.13. The van der Waals surface area contributed by atoms with Gasteiger partial charge in [-0.25, -0.2) is 9.50 Å². The molecule has 11 heteroatoms. The van der Waals surface area contributed by atoms with E-state index >= 15 is 0 Å². The predicted octanol–water partition coefficient (Wildman–Crippen LogP) is 5.16. The van der Waals surface area contributed by atoms with Gasteiger partial charge in [-0.3, -0.25) is 14.6 Å². The highest BCUT2D eigenvalue weighted by Crippen LogP contribution is 2.33. The highest BCUT2D eigenvalue weighted by molar-refractivity contribution is 7.99. The van der Waals surface area contributed by atoms with Gasteiger partial charge >= 0.3 is 0 Å². The van der Waals surface area contributed by atoms with Crippen molar-refractivity contribution in [3.8, 4) is 17.3 Å². The number of aliphatic hydroxyl groups excluding tert-OH is 1. The van der Waals surface area contributed by atoms with Gasteiger partial charge in [0.1, 0.15) is 5.41 Å². The van der Waals surface area contributed by atoms with Crippen LogP contribution in [0.4, 0.5) is 5.82 Å². The Morgan fingerprint density at radius 3 is 2.47 bits per heavy atom. The molecule has 0 fully saturated rings. The third-order valence-corrected chi connectivity index (χ3v) is 8.05. The molecule has 43 heavy (non-hydrogen) atoms. The average molecular weight is 592 g/mol. The second-order valence-electron chi connectivity index (χ2n) is 10.4. The van der Waals surface area contributed by atoms with Crippen LogP contribution < -0.4 is 10.6 Å². The molecule has 2 aromatic carbocycles. The lowest BCUT2D eigenvalue weighted by molar-refractivity contribution is -0.121. The van der Waals surface area contributed by atoms with Crippen LogP contribution in [0.3, 0.4) is 0 Å². The second kappa shape index (κ2) is 12.4. The minimum Gasteiger partial charge on any atom is -0.392 e. The minimum absolute atomic E-state index is 0.0499. The van der Waals surface area contributed by atoms with Crippen LogP contribution in [0.2, 0.25) is 0 Å². The zero-order valence-electron chi connectivity index (χ0n) is 23.8. The van der Waals surface area contributed by atoms with E-state index in [1.54, 1.807) is 49.3 Å². The molecular formula is C32H29N7O3S. The number of aliphatic hydroxyl groups is 1. The van der Waals surface area contributed by atoms with E-state index in [4.69, 9.17) is 0 Å². The van der Waals surface area contributed by atoms with Crippen molar-refractivity contribution in [3.63, 3.8) is 0 Å². The molecule has 0 saturated heterocycles. The first-order valence-electron chi connectivity index (χ1n) is 13.5. The van der Waals surface area contributed by atoms with Crippen LogP contribution in [0.5, 0.6) is 0 Å². The van der Waals surface area contributed by atoms with Gasteiger partial charge in [-0.05, 0) is 62.2 Å². The zero-order valence-corrected chi connectivity index (χ0v) is 24.6. The van der Waals surface area contributed by atoms with E-state index in [2.05, 4.69) is 25.7 Å². The lowest BCUT2D eigenvalue weighted by atomic mass is 9.95. The van der Waals surface area contributed by atoms with E-state index in [0.717, 1.165) is 20.9 Å². The molecule has 0 atom stereocenters. The van der Waals surface area contributed by atoms with Crippen molar-refractivity contribution in [1.82, 2.24) is 24.9 Å². The maximum atomic E-state index is 13.3. The Kier molecular flexibility index (Phi) is 8.52. The van der Waals surface area contributed by atoms with Crippen LogP contribution >= 0.6 is 11.8 Å². The Hall–Kier alpha value is -5.05. The van der Waals surface area contributed by atoms with Crippen LogP contribution in [-0.2, 0) is 17.9 Å². The molecule has 5 rings (SSSR count). The third-order valence-electron chi connectivity index (χ3n) is 6.81. The molecule has 3 heterocycles. The van der Waals surface area contributed by atoms with Crippen LogP contribution in [0.25, 0.3) is 16.9 Å². The summed E-state index contributed by atoms with van der Waals surface area (Å²) in [5.74, 6) is -0.456. The smallest absolute Gasteiger partial charge is 0.253 e. The minimum atomic E-state index is -1.20. The summed E-state index contributed by atoms with van der Waals surface area (Å²) in [6, 6.07) is 22.7. The number of nitriles is 1. The molecule has 3 aromatic heterocycles. The number of amides is 2. The molecule has 0 aliphatic heterocycles. The molecule has 0 aliphatic rings. The Morgan fingerprint density at radius 1 is 1.05 bits per heavy atom. The number of benzene rings is 2. The first kappa shape index (κ1) is 29.4. The van der Waals surface area contributed by atoms with E-state index < -0.39 is 11.3 Å². The molecule has 10 nitrogen and oxygen atoms in total. The first-order valence-corrected chi connectivity index (χ1v) is 14.3. The number of anilines is 1. The standard InChI is InChI=1S/C32H29N7O3S/c1-20-24(30(41)35-15-21-8-4-6-10-26(21)43-27-11-7-5-9-22(27)18-40)14-23(16-34-20)25-12-13-29-36-28(17-39(29)38-25)37-31(42)32(2,3)19-33/h4-14,16-17,40H,15,18H2,1-3H3,(H,35,41)(H,37,42). The number of hydrogen-bond donors (Lipinski definition) is 3. The number of carbonyl (C=O) groups is 2. The quantitative estimate of drug-likeness (QED) is 0.213. The maximum Gasteiger partial charge on any atom is 0.253 e. The number of nitrogens with one attached hydrogen (secondary N) is 2. The molecule has 0 unspecified atom stereocenters. The van der Waals surface area contributed by atoms with E-state index in [1.165, 1.54) is 18.4 Å². The van der Waals surface area contributed by atoms with Gasteiger partial charge in [0.05, 0.1) is 35.8 Å². The number of fused-ring (bicyclic) bond motifs is 1. The third kappa shape index (κ3) is 6.56. The Labute approximate surface area is 252 Å². The Bertz CT molecular complexity index is 1880. The summed E-state index contributed by atoms with van der Waals surface area (Å²) >= 11 is 1.55. The van der Waals surface area contributed by atoms with Crippen LogP contribution in [0.15, 0.2) is 88.9 Å². The molecule has 3 N–H and O–H groups in total. The first-order chi connectivity index (χ1) is 20.7. The van der Waals surface area contributed by atoms with Crippen molar-refractivity contribution in [1.29, 1.82) is 5.26 Å². The largest absolute Gasteiger partial charge is 0.392 e. The van der Waals surface area contributed by atoms with Crippen molar-refractivity contribution in [2.75, 3.05) is 5.32 Å². The SMILES string of the molecule is Cc1ncc(-c2ccc3nc(NC(=O)C(C)(C)C#N)cn3n2)cc1C(=O)NCc1ccccc1Sc1ccccc1CO. The number of pyridine rings is 1. The summed E-state index contributed by atoms with van der Waals surface area (Å²) in [6.07, 6.45) is 3.22. The zero-order chi connectivity index (χ0) is 30.6. The molecule has 0 spiro atoms. The van der Waals surface area contributed by atoms with Crippen molar-refractivity contribution in [3.05, 3.63) is 102 Å². The maximum absolute atomic E-state index is 13.3. The molecule has 216 valence electrons. The summed E-state index contributed by atoms with van der Waals surface area (Å²) in [6.45, 7) is 5.10. The topological polar surface area (TPSA) is 145 Å². The summed E-state index contributed by atoms with van der Waals surface area (Å²) < 4.78 is 1.52. The monoisotopic (exact) mass is 591 g/mol. The number of rotatable bonds is 9. The van der Waals surface area contributed by atoms with Crippen LogP contribution in [-0.4, -0.2) is 36.5 Å². The number of aromatic nitrogens is 4. The molecule has 0 aliphatic carbocycles. The Balaban J connectivity index is 1.33. The van der Waals surface area contributed by atoms with Crippen molar-refractivity contribution < 1.29 is 14.7 Å².